The second kappa shape index (κ2) is 3.98. The van der Waals surface area contributed by atoms with Crippen molar-refractivity contribution in [3.63, 3.8) is 0 Å². The number of rotatable bonds is 3. The van der Waals surface area contributed by atoms with Crippen LogP contribution in [-0.4, -0.2) is 18.3 Å². The maximum atomic E-state index is 8.50. The van der Waals surface area contributed by atoms with Crippen molar-refractivity contribution in [1.29, 1.82) is 0 Å². The molecule has 0 amide bonds. The van der Waals surface area contributed by atoms with Gasteiger partial charge in [-0.15, -0.1) is 0 Å². The Morgan fingerprint density at radius 3 is 2.91 bits per heavy atom. The van der Waals surface area contributed by atoms with Gasteiger partial charge in [0.15, 0.2) is 0 Å². The van der Waals surface area contributed by atoms with Crippen molar-refractivity contribution in [1.82, 2.24) is 5.32 Å². The Kier molecular flexibility index (Phi) is 2.93. The minimum Gasteiger partial charge on any atom is -0.394 e. The molecular weight excluding hydrogens is 138 g/mol. The highest BCUT2D eigenvalue weighted by Gasteiger charge is 1.91. The number of aryl methyl sites for hydroxylation is 1. The van der Waals surface area contributed by atoms with Gasteiger partial charge >= 0.3 is 0 Å². The minimum atomic E-state index is 0.119. The summed E-state index contributed by atoms with van der Waals surface area (Å²) in [4.78, 5) is 0. The average Bonchev–Trinajstić information content (AvgIpc) is 2.01. The Hall–Kier alpha value is -1.02. The fourth-order valence-corrected chi connectivity index (χ4v) is 0.905. The summed E-state index contributed by atoms with van der Waals surface area (Å²) >= 11 is 0. The number of hydrogen-bond donors (Lipinski definition) is 1. The maximum Gasteiger partial charge on any atom is 0.0628 e. The van der Waals surface area contributed by atoms with Gasteiger partial charge < -0.3 is 5.11 Å². The number of nitrogens with zero attached hydrogens (tertiary/aromatic N) is 1. The zero-order valence-corrected chi connectivity index (χ0v) is 6.62. The first-order chi connectivity index (χ1) is 5.33. The molecule has 0 aliphatic heterocycles. The molecule has 0 aliphatic rings. The van der Waals surface area contributed by atoms with E-state index < -0.39 is 0 Å². The molecule has 0 unspecified atom stereocenters. The Labute approximate surface area is 66.9 Å². The molecule has 1 radical (unpaired) electrons. The third-order valence-corrected chi connectivity index (χ3v) is 1.40. The largest absolute Gasteiger partial charge is 0.394 e. The lowest BCUT2D eigenvalue weighted by Gasteiger charge is -2.00. The van der Waals surface area contributed by atoms with E-state index >= 15 is 0 Å². The molecule has 0 aromatic heterocycles. The van der Waals surface area contributed by atoms with Crippen LogP contribution in [0.25, 0.3) is 0 Å². The Bertz CT molecular complexity index is 223. The van der Waals surface area contributed by atoms with Gasteiger partial charge in [-0.2, -0.15) is 0 Å². The normalized spacial score (nSPS) is 9.64. The highest BCUT2D eigenvalue weighted by molar-refractivity contribution is 5.38. The SMILES string of the molecule is Cc1cccc([N]CCO)c1. The number of aliphatic hydroxyl groups is 1. The average molecular weight is 150 g/mol. The Morgan fingerprint density at radius 1 is 1.45 bits per heavy atom. The first kappa shape index (κ1) is 8.08. The molecule has 1 aromatic carbocycles. The van der Waals surface area contributed by atoms with Crippen LogP contribution in [0.1, 0.15) is 5.56 Å². The molecule has 2 nitrogen and oxygen atoms in total. The summed E-state index contributed by atoms with van der Waals surface area (Å²) < 4.78 is 0. The van der Waals surface area contributed by atoms with Crippen LogP contribution in [0.4, 0.5) is 5.69 Å². The topological polar surface area (TPSA) is 34.3 Å². The van der Waals surface area contributed by atoms with Crippen LogP contribution >= 0.6 is 0 Å². The van der Waals surface area contributed by atoms with E-state index in [0.29, 0.717) is 6.54 Å². The van der Waals surface area contributed by atoms with Crippen molar-refractivity contribution in [3.8, 4) is 0 Å². The molecule has 1 aromatic rings. The molecule has 0 saturated heterocycles. The highest BCUT2D eigenvalue weighted by atomic mass is 16.3. The van der Waals surface area contributed by atoms with Gasteiger partial charge in [0.1, 0.15) is 0 Å². The van der Waals surface area contributed by atoms with Crippen LogP contribution in [0.15, 0.2) is 24.3 Å². The molecule has 11 heavy (non-hydrogen) atoms. The molecule has 0 aliphatic carbocycles. The number of aliphatic hydroxyl groups excluding tert-OH is 1. The molecular formula is C9H12NO. The van der Waals surface area contributed by atoms with Gasteiger partial charge in [-0.3, -0.25) is 5.32 Å². The lowest BCUT2D eigenvalue weighted by molar-refractivity contribution is 0.298. The number of benzene rings is 1. The molecule has 0 heterocycles. The summed E-state index contributed by atoms with van der Waals surface area (Å²) in [6.07, 6.45) is 0. The molecule has 1 N–H and O–H groups in total. The molecule has 0 fully saturated rings. The van der Waals surface area contributed by atoms with Crippen molar-refractivity contribution in [2.45, 2.75) is 6.92 Å². The van der Waals surface area contributed by atoms with E-state index in [1.165, 1.54) is 5.56 Å². The predicted octanol–water partition coefficient (Wildman–Crippen LogP) is 1.22. The molecule has 59 valence electrons. The van der Waals surface area contributed by atoms with E-state index in [2.05, 4.69) is 5.32 Å². The monoisotopic (exact) mass is 150 g/mol. The smallest absolute Gasteiger partial charge is 0.0628 e. The van der Waals surface area contributed by atoms with Gasteiger partial charge in [0.2, 0.25) is 0 Å². The molecule has 0 spiro atoms. The van der Waals surface area contributed by atoms with Gasteiger partial charge in [-0.1, -0.05) is 12.1 Å². The van der Waals surface area contributed by atoms with E-state index in [1.807, 2.05) is 31.2 Å². The van der Waals surface area contributed by atoms with Crippen molar-refractivity contribution >= 4 is 5.69 Å². The third-order valence-electron chi connectivity index (χ3n) is 1.40. The quantitative estimate of drug-likeness (QED) is 0.690. The fourth-order valence-electron chi connectivity index (χ4n) is 0.905. The van der Waals surface area contributed by atoms with E-state index in [4.69, 9.17) is 5.11 Å². The molecule has 0 atom stereocenters. The van der Waals surface area contributed by atoms with Gasteiger partial charge in [0.25, 0.3) is 0 Å². The third kappa shape index (κ3) is 2.60. The van der Waals surface area contributed by atoms with Crippen LogP contribution in [0.2, 0.25) is 0 Å². The van der Waals surface area contributed by atoms with Gasteiger partial charge in [-0.05, 0) is 24.6 Å². The van der Waals surface area contributed by atoms with Gasteiger partial charge in [0.05, 0.1) is 18.8 Å². The summed E-state index contributed by atoms with van der Waals surface area (Å²) in [5, 5.41) is 12.6. The zero-order valence-electron chi connectivity index (χ0n) is 6.62. The Morgan fingerprint density at radius 2 is 2.27 bits per heavy atom. The second-order valence-electron chi connectivity index (χ2n) is 2.44. The van der Waals surface area contributed by atoms with Crippen molar-refractivity contribution < 1.29 is 5.11 Å². The zero-order chi connectivity index (χ0) is 8.10. The first-order valence-corrected chi connectivity index (χ1v) is 3.68. The van der Waals surface area contributed by atoms with Gasteiger partial charge in [-0.25, -0.2) is 0 Å². The van der Waals surface area contributed by atoms with Crippen molar-refractivity contribution in [2.24, 2.45) is 0 Å². The molecule has 0 bridgehead atoms. The molecule has 1 rings (SSSR count). The fraction of sp³-hybridized carbons (Fsp3) is 0.333. The van der Waals surface area contributed by atoms with E-state index in [9.17, 15) is 0 Å². The summed E-state index contributed by atoms with van der Waals surface area (Å²) in [5.41, 5.74) is 2.14. The van der Waals surface area contributed by atoms with Crippen LogP contribution in [0.3, 0.4) is 0 Å². The first-order valence-electron chi connectivity index (χ1n) is 3.68. The van der Waals surface area contributed by atoms with Crippen LogP contribution in [-0.2, 0) is 0 Å². The lowest BCUT2D eigenvalue weighted by atomic mass is 10.2. The summed E-state index contributed by atoms with van der Waals surface area (Å²) in [6, 6.07) is 7.92. The predicted molar refractivity (Wildman–Crippen MR) is 44.9 cm³/mol. The van der Waals surface area contributed by atoms with Crippen molar-refractivity contribution in [3.05, 3.63) is 29.8 Å². The van der Waals surface area contributed by atoms with E-state index in [0.717, 1.165) is 5.69 Å². The Balaban J connectivity index is 2.56. The molecule has 2 heteroatoms. The second-order valence-corrected chi connectivity index (χ2v) is 2.44. The maximum absolute atomic E-state index is 8.50. The number of hydrogen-bond acceptors (Lipinski definition) is 1. The summed E-state index contributed by atoms with van der Waals surface area (Å²) in [7, 11) is 0. The van der Waals surface area contributed by atoms with E-state index in [1.54, 1.807) is 0 Å². The summed E-state index contributed by atoms with van der Waals surface area (Å²) in [5.74, 6) is 0. The van der Waals surface area contributed by atoms with Crippen molar-refractivity contribution in [2.75, 3.05) is 13.2 Å². The van der Waals surface area contributed by atoms with Crippen LogP contribution in [0, 0.1) is 6.92 Å². The highest BCUT2D eigenvalue weighted by Crippen LogP contribution is 2.08. The van der Waals surface area contributed by atoms with Crippen LogP contribution in [0.5, 0.6) is 0 Å². The van der Waals surface area contributed by atoms with Gasteiger partial charge in [0, 0.05) is 0 Å². The minimum absolute atomic E-state index is 0.119. The lowest BCUT2D eigenvalue weighted by Crippen LogP contribution is -2.03. The van der Waals surface area contributed by atoms with E-state index in [-0.39, 0.29) is 6.61 Å². The standard InChI is InChI=1S/C9H12NO/c1-8-3-2-4-9(7-8)10-5-6-11/h2-4,7,11H,5-6H2,1H3. The molecule has 0 saturated carbocycles. The van der Waals surface area contributed by atoms with Crippen LogP contribution < -0.4 is 5.32 Å². The summed E-state index contributed by atoms with van der Waals surface area (Å²) in [6.45, 7) is 2.63.